The van der Waals surface area contributed by atoms with Gasteiger partial charge in [0.1, 0.15) is 11.4 Å². The average Bonchev–Trinajstić information content (AvgIpc) is 3.62. The van der Waals surface area contributed by atoms with Gasteiger partial charge in [0.2, 0.25) is 11.8 Å². The van der Waals surface area contributed by atoms with Crippen molar-refractivity contribution in [2.24, 2.45) is 17.8 Å². The number of nitrogens with zero attached hydrogens (tertiary/aromatic N) is 3. The summed E-state index contributed by atoms with van der Waals surface area (Å²) in [6, 6.07) is 13.9. The number of halogens is 3. The predicted octanol–water partition coefficient (Wildman–Crippen LogP) is 6.53. The number of fused-ring (bicyclic) bond motifs is 2. The predicted molar refractivity (Wildman–Crippen MR) is 156 cm³/mol. The number of amides is 2. The van der Waals surface area contributed by atoms with Crippen LogP contribution < -0.4 is 10.2 Å². The van der Waals surface area contributed by atoms with E-state index in [1.807, 2.05) is 11.8 Å². The molecule has 0 radical (unpaired) electrons. The maximum Gasteiger partial charge on any atom is 0.250 e. The van der Waals surface area contributed by atoms with Crippen molar-refractivity contribution in [1.29, 1.82) is 5.26 Å². The molecule has 2 fully saturated rings. The molecule has 3 atom stereocenters. The lowest BCUT2D eigenvalue weighted by Gasteiger charge is -2.37. The molecule has 2 amide bonds. The number of carbonyl (C=O) groups is 2. The number of carbonyl (C=O) groups excluding carboxylic acids is 2. The molecule has 0 aromatic heterocycles. The number of nitrogens with one attached hydrogen (secondary N) is 1. The van der Waals surface area contributed by atoms with Crippen LogP contribution in [0.15, 0.2) is 78.1 Å². The molecule has 2 aromatic carbocycles. The third-order valence-corrected chi connectivity index (χ3v) is 8.33. The van der Waals surface area contributed by atoms with E-state index in [1.165, 1.54) is 18.2 Å². The minimum Gasteiger partial charge on any atom is -0.324 e. The number of likely N-dealkylation sites (tertiary alicyclic amines) is 1. The van der Waals surface area contributed by atoms with Gasteiger partial charge in [-0.3, -0.25) is 14.5 Å². The molecule has 40 heavy (non-hydrogen) atoms. The van der Waals surface area contributed by atoms with Gasteiger partial charge in [0.25, 0.3) is 0 Å². The minimum atomic E-state index is -1.43. The molecule has 1 saturated heterocycles. The Kier molecular flexibility index (Phi) is 7.87. The molecule has 1 saturated carbocycles. The van der Waals surface area contributed by atoms with Crippen LogP contribution in [-0.2, 0) is 15.1 Å². The van der Waals surface area contributed by atoms with Crippen molar-refractivity contribution in [3.63, 3.8) is 0 Å². The van der Waals surface area contributed by atoms with Crippen molar-refractivity contribution in [2.75, 3.05) is 29.9 Å². The van der Waals surface area contributed by atoms with Gasteiger partial charge in [-0.2, -0.15) is 5.26 Å². The Morgan fingerprint density at radius 3 is 2.65 bits per heavy atom. The zero-order chi connectivity index (χ0) is 28.6. The van der Waals surface area contributed by atoms with E-state index in [0.29, 0.717) is 46.5 Å². The SMILES string of the molecule is C=C(Cl)/C=C\C=C(/F)C1[C@H](C(=O)N(CC)c2ccc(C#N)cc2)CN(CC2CC2)[C@@]12C(=O)Nc1cc(Cl)ccc12. The number of allylic oxidation sites excluding steroid dienone is 4. The second-order valence-corrected chi connectivity index (χ2v) is 11.4. The number of benzene rings is 2. The monoisotopic (exact) mass is 578 g/mol. The summed E-state index contributed by atoms with van der Waals surface area (Å²) in [5.41, 5.74) is 0.775. The summed E-state index contributed by atoms with van der Waals surface area (Å²) in [5, 5.41) is 12.8. The molecule has 5 rings (SSSR count). The standard InChI is InChI=1S/C31H29Cl2FN4O2/c1-3-38(23-12-9-20(16-35)10-13-23)29(39)24-18-37(17-21-7-8-21)31(28(24)26(34)6-4-5-19(2)32)25-14-11-22(33)15-27(25)36-30(31)40/h4-6,9-15,21,24,28H,2-3,7-8,17-18H2,1H3,(H,36,40)/b5-4-,26-6-/t24-,28?,31-/m1/s1. The normalized spacial score (nSPS) is 24.3. The van der Waals surface area contributed by atoms with Gasteiger partial charge in [-0.05, 0) is 74.2 Å². The quantitative estimate of drug-likeness (QED) is 0.361. The largest absolute Gasteiger partial charge is 0.324 e. The second-order valence-electron chi connectivity index (χ2n) is 10.4. The maximum absolute atomic E-state index is 16.5. The van der Waals surface area contributed by atoms with Gasteiger partial charge in [0.15, 0.2) is 0 Å². The van der Waals surface area contributed by atoms with Crippen molar-refractivity contribution in [3.8, 4) is 6.07 Å². The molecular formula is C31H29Cl2FN4O2. The van der Waals surface area contributed by atoms with Gasteiger partial charge in [-0.1, -0.05) is 41.9 Å². The highest BCUT2D eigenvalue weighted by Gasteiger charge is 2.66. The number of anilines is 2. The fraction of sp³-hybridized carbons (Fsp3) is 0.323. The van der Waals surface area contributed by atoms with Gasteiger partial charge in [-0.25, -0.2) is 4.39 Å². The molecule has 9 heteroatoms. The summed E-state index contributed by atoms with van der Waals surface area (Å²) in [5.74, 6) is -2.87. The van der Waals surface area contributed by atoms with Gasteiger partial charge in [0, 0.05) is 46.6 Å². The molecule has 1 N–H and O–H groups in total. The van der Waals surface area contributed by atoms with Crippen LogP contribution in [0.1, 0.15) is 30.9 Å². The van der Waals surface area contributed by atoms with Crippen LogP contribution >= 0.6 is 23.2 Å². The summed E-state index contributed by atoms with van der Waals surface area (Å²) >= 11 is 12.1. The van der Waals surface area contributed by atoms with Gasteiger partial charge >= 0.3 is 0 Å². The molecule has 1 unspecified atom stereocenters. The topological polar surface area (TPSA) is 76.4 Å². The molecule has 206 valence electrons. The number of hydrogen-bond acceptors (Lipinski definition) is 4. The van der Waals surface area contributed by atoms with Crippen LogP contribution in [0.25, 0.3) is 0 Å². The van der Waals surface area contributed by atoms with E-state index < -0.39 is 23.2 Å². The molecule has 2 heterocycles. The number of nitriles is 1. The smallest absolute Gasteiger partial charge is 0.250 e. The lowest BCUT2D eigenvalue weighted by molar-refractivity contribution is -0.128. The maximum atomic E-state index is 16.5. The molecule has 2 aromatic rings. The van der Waals surface area contributed by atoms with Crippen molar-refractivity contribution in [1.82, 2.24) is 4.90 Å². The molecule has 3 aliphatic rings. The Balaban J connectivity index is 1.66. The van der Waals surface area contributed by atoms with Crippen LogP contribution in [0.3, 0.4) is 0 Å². The fourth-order valence-electron chi connectivity index (χ4n) is 6.06. The first-order chi connectivity index (χ1) is 19.2. The molecule has 1 aliphatic carbocycles. The van der Waals surface area contributed by atoms with Gasteiger partial charge in [0.05, 0.1) is 23.5 Å². The van der Waals surface area contributed by atoms with Crippen LogP contribution in [0, 0.1) is 29.1 Å². The second kappa shape index (κ2) is 11.2. The van der Waals surface area contributed by atoms with Crippen molar-refractivity contribution in [3.05, 3.63) is 94.3 Å². The van der Waals surface area contributed by atoms with E-state index in [4.69, 9.17) is 23.2 Å². The summed E-state index contributed by atoms with van der Waals surface area (Å²) < 4.78 is 16.5. The number of hydrogen-bond donors (Lipinski definition) is 1. The Labute approximate surface area is 243 Å². The Morgan fingerprint density at radius 1 is 1.30 bits per heavy atom. The zero-order valence-corrected chi connectivity index (χ0v) is 23.6. The lowest BCUT2D eigenvalue weighted by atomic mass is 9.74. The van der Waals surface area contributed by atoms with Crippen molar-refractivity contribution < 1.29 is 14.0 Å². The summed E-state index contributed by atoms with van der Waals surface area (Å²) in [4.78, 5) is 31.9. The van der Waals surface area contributed by atoms with Crippen LogP contribution in [0.5, 0.6) is 0 Å². The first-order valence-corrected chi connectivity index (χ1v) is 14.0. The summed E-state index contributed by atoms with van der Waals surface area (Å²) in [6.45, 7) is 6.56. The highest BCUT2D eigenvalue weighted by Crippen LogP contribution is 2.57. The number of rotatable bonds is 8. The molecule has 2 aliphatic heterocycles. The molecule has 1 spiro atoms. The lowest BCUT2D eigenvalue weighted by Crippen LogP contribution is -2.52. The summed E-state index contributed by atoms with van der Waals surface area (Å²) in [6.07, 6.45) is 6.21. The molecular weight excluding hydrogens is 550 g/mol. The van der Waals surface area contributed by atoms with E-state index in [1.54, 1.807) is 47.4 Å². The fourth-order valence-corrected chi connectivity index (χ4v) is 6.31. The van der Waals surface area contributed by atoms with E-state index in [2.05, 4.69) is 18.0 Å². The van der Waals surface area contributed by atoms with Crippen molar-refractivity contribution in [2.45, 2.75) is 25.3 Å². The van der Waals surface area contributed by atoms with Crippen molar-refractivity contribution >= 4 is 46.4 Å². The molecule has 0 bridgehead atoms. The Hall–Kier alpha value is -3.44. The van der Waals surface area contributed by atoms with E-state index >= 15 is 4.39 Å². The van der Waals surface area contributed by atoms with E-state index in [-0.39, 0.29) is 23.4 Å². The summed E-state index contributed by atoms with van der Waals surface area (Å²) in [7, 11) is 0. The average molecular weight is 580 g/mol. The van der Waals surface area contributed by atoms with Crippen LogP contribution in [0.2, 0.25) is 5.02 Å². The molecule has 6 nitrogen and oxygen atoms in total. The zero-order valence-electron chi connectivity index (χ0n) is 22.0. The van der Waals surface area contributed by atoms with Gasteiger partial charge < -0.3 is 10.2 Å². The first-order valence-electron chi connectivity index (χ1n) is 13.3. The third-order valence-electron chi connectivity index (χ3n) is 7.97. The van der Waals surface area contributed by atoms with E-state index in [0.717, 1.165) is 12.8 Å². The first kappa shape index (κ1) is 28.1. The van der Waals surface area contributed by atoms with Crippen LogP contribution in [-0.4, -0.2) is 36.3 Å². The highest BCUT2D eigenvalue weighted by atomic mass is 35.5. The van der Waals surface area contributed by atoms with Crippen LogP contribution in [0.4, 0.5) is 15.8 Å². The Morgan fingerprint density at radius 2 is 2.02 bits per heavy atom. The highest BCUT2D eigenvalue weighted by molar-refractivity contribution is 6.31. The Bertz CT molecular complexity index is 1460. The van der Waals surface area contributed by atoms with Gasteiger partial charge in [-0.15, -0.1) is 0 Å². The third kappa shape index (κ3) is 4.96. The van der Waals surface area contributed by atoms with E-state index in [9.17, 15) is 14.9 Å². The minimum absolute atomic E-state index is 0.204.